The van der Waals surface area contributed by atoms with E-state index in [0.717, 1.165) is 5.56 Å². The molecule has 0 atom stereocenters. The lowest BCUT2D eigenvalue weighted by molar-refractivity contribution is -0.385. The van der Waals surface area contributed by atoms with Gasteiger partial charge in [-0.1, -0.05) is 12.1 Å². The second kappa shape index (κ2) is 7.66. The van der Waals surface area contributed by atoms with Crippen molar-refractivity contribution in [3.8, 4) is 0 Å². The van der Waals surface area contributed by atoms with E-state index in [2.05, 4.69) is 31.4 Å². The molecule has 0 saturated carbocycles. The van der Waals surface area contributed by atoms with E-state index in [1.54, 1.807) is 23.0 Å². The van der Waals surface area contributed by atoms with Crippen LogP contribution in [0.1, 0.15) is 11.3 Å². The zero-order valence-electron chi connectivity index (χ0n) is 14.1. The molecule has 1 amide bonds. The number of nitrogens with one attached hydrogen (secondary N) is 1. The fourth-order valence-corrected chi connectivity index (χ4v) is 2.84. The van der Waals surface area contributed by atoms with Crippen molar-refractivity contribution >= 4 is 33.3 Å². The third-order valence-electron chi connectivity index (χ3n) is 3.66. The molecule has 0 saturated heterocycles. The maximum atomic E-state index is 13.0. The quantitative estimate of drug-likeness (QED) is 0.471. The van der Waals surface area contributed by atoms with Gasteiger partial charge in [-0.15, -0.1) is 0 Å². The van der Waals surface area contributed by atoms with Crippen molar-refractivity contribution in [2.24, 2.45) is 0 Å². The number of nitrogens with zero attached hydrogens (tertiary/aromatic N) is 5. The number of aromatic nitrogens is 4. The van der Waals surface area contributed by atoms with Crippen LogP contribution in [0.4, 0.5) is 15.9 Å². The predicted molar refractivity (Wildman–Crippen MR) is 97.7 cm³/mol. The van der Waals surface area contributed by atoms with Crippen molar-refractivity contribution in [2.45, 2.75) is 20.0 Å². The molecule has 2 heterocycles. The van der Waals surface area contributed by atoms with Crippen molar-refractivity contribution in [3.63, 3.8) is 0 Å². The molecule has 1 aromatic carbocycles. The van der Waals surface area contributed by atoms with Gasteiger partial charge in [0.25, 0.3) is 0 Å². The summed E-state index contributed by atoms with van der Waals surface area (Å²) in [7, 11) is 0. The van der Waals surface area contributed by atoms with Crippen molar-refractivity contribution in [1.82, 2.24) is 19.6 Å². The van der Waals surface area contributed by atoms with Crippen LogP contribution in [-0.2, 0) is 17.9 Å². The van der Waals surface area contributed by atoms with Crippen LogP contribution in [0.3, 0.4) is 0 Å². The molecule has 0 unspecified atom stereocenters. The van der Waals surface area contributed by atoms with Crippen LogP contribution in [0.25, 0.3) is 0 Å². The number of anilines is 1. The molecule has 0 bridgehead atoms. The largest absolute Gasteiger partial charge is 0.309 e. The lowest BCUT2D eigenvalue weighted by Gasteiger charge is -2.03. The predicted octanol–water partition coefficient (Wildman–Crippen LogP) is 2.88. The molecule has 0 radical (unpaired) electrons. The number of nitro groups is 1. The zero-order chi connectivity index (χ0) is 19.6. The number of halogens is 2. The van der Waals surface area contributed by atoms with Crippen LogP contribution in [0.15, 0.2) is 41.1 Å². The highest BCUT2D eigenvalue weighted by atomic mass is 79.9. The van der Waals surface area contributed by atoms with Gasteiger partial charge in [0.2, 0.25) is 5.91 Å². The van der Waals surface area contributed by atoms with Crippen molar-refractivity contribution in [3.05, 3.63) is 68.3 Å². The van der Waals surface area contributed by atoms with E-state index in [1.807, 2.05) is 0 Å². The van der Waals surface area contributed by atoms with Gasteiger partial charge in [-0.3, -0.25) is 24.3 Å². The Hall–Kier alpha value is -3.08. The second-order valence-corrected chi connectivity index (χ2v) is 6.61. The Morgan fingerprint density at radius 1 is 1.26 bits per heavy atom. The first-order valence-corrected chi connectivity index (χ1v) is 8.57. The Bertz CT molecular complexity index is 998. The van der Waals surface area contributed by atoms with Gasteiger partial charge < -0.3 is 5.32 Å². The standard InChI is InChI=1S/C16H14BrFN6O3/c1-10-14(24(26)27)8-23(20-10)9-15(25)19-16-13(17)7-22(21-16)6-11-2-4-12(18)5-3-11/h2-5,7-8H,6,9H2,1H3,(H,19,21,25). The van der Waals surface area contributed by atoms with E-state index in [1.165, 1.54) is 29.9 Å². The number of aryl methyl sites for hydroxylation is 1. The highest BCUT2D eigenvalue weighted by Gasteiger charge is 2.17. The average Bonchev–Trinajstić information content (AvgIpc) is 3.12. The summed E-state index contributed by atoms with van der Waals surface area (Å²) < 4.78 is 16.3. The van der Waals surface area contributed by atoms with E-state index in [0.29, 0.717) is 16.8 Å². The number of hydrogen-bond donors (Lipinski definition) is 1. The van der Waals surface area contributed by atoms with Crippen molar-refractivity contribution in [1.29, 1.82) is 0 Å². The number of carbonyl (C=O) groups is 1. The molecular weight excluding hydrogens is 423 g/mol. The average molecular weight is 437 g/mol. The third kappa shape index (κ3) is 4.56. The first-order chi connectivity index (χ1) is 12.8. The summed E-state index contributed by atoms with van der Waals surface area (Å²) in [5, 5.41) is 21.7. The topological polar surface area (TPSA) is 108 Å². The molecule has 0 fully saturated rings. The van der Waals surface area contributed by atoms with Gasteiger partial charge in [0, 0.05) is 6.20 Å². The maximum Gasteiger partial charge on any atom is 0.309 e. The van der Waals surface area contributed by atoms with Crippen LogP contribution in [0.5, 0.6) is 0 Å². The highest BCUT2D eigenvalue weighted by molar-refractivity contribution is 9.10. The van der Waals surface area contributed by atoms with E-state index in [9.17, 15) is 19.3 Å². The van der Waals surface area contributed by atoms with Crippen LogP contribution >= 0.6 is 15.9 Å². The van der Waals surface area contributed by atoms with Gasteiger partial charge in [-0.2, -0.15) is 10.2 Å². The minimum absolute atomic E-state index is 0.146. The Kier molecular flexibility index (Phi) is 5.31. The normalized spacial score (nSPS) is 10.8. The van der Waals surface area contributed by atoms with E-state index in [-0.39, 0.29) is 23.7 Å². The second-order valence-electron chi connectivity index (χ2n) is 5.75. The summed E-state index contributed by atoms with van der Waals surface area (Å²) in [5.74, 6) is -0.442. The van der Waals surface area contributed by atoms with E-state index in [4.69, 9.17) is 0 Å². The Morgan fingerprint density at radius 3 is 2.59 bits per heavy atom. The van der Waals surface area contributed by atoms with Crippen LogP contribution < -0.4 is 5.32 Å². The molecule has 27 heavy (non-hydrogen) atoms. The molecule has 11 heteroatoms. The number of hydrogen-bond acceptors (Lipinski definition) is 5. The van der Waals surface area contributed by atoms with Crippen molar-refractivity contribution < 1.29 is 14.1 Å². The SMILES string of the molecule is Cc1nn(CC(=O)Nc2nn(Cc3ccc(F)cc3)cc2Br)cc1[N+](=O)[O-]. The first kappa shape index (κ1) is 18.7. The van der Waals surface area contributed by atoms with Gasteiger partial charge >= 0.3 is 5.69 Å². The Morgan fingerprint density at radius 2 is 1.96 bits per heavy atom. The van der Waals surface area contributed by atoms with Crippen LogP contribution in [0, 0.1) is 22.9 Å². The van der Waals surface area contributed by atoms with Crippen LogP contribution in [0.2, 0.25) is 0 Å². The summed E-state index contributed by atoms with van der Waals surface area (Å²) in [6.07, 6.45) is 2.89. The molecule has 0 aliphatic heterocycles. The number of carbonyl (C=O) groups excluding carboxylic acids is 1. The summed E-state index contributed by atoms with van der Waals surface area (Å²) in [6.45, 7) is 1.71. The lowest BCUT2D eigenvalue weighted by atomic mass is 10.2. The molecule has 1 N–H and O–H groups in total. The van der Waals surface area contributed by atoms with Gasteiger partial charge in [-0.25, -0.2) is 4.39 Å². The first-order valence-electron chi connectivity index (χ1n) is 7.77. The fourth-order valence-electron chi connectivity index (χ4n) is 2.43. The smallest absolute Gasteiger partial charge is 0.307 e. The fraction of sp³-hybridized carbons (Fsp3) is 0.188. The third-order valence-corrected chi connectivity index (χ3v) is 4.24. The number of amides is 1. The Balaban J connectivity index is 1.66. The van der Waals surface area contributed by atoms with Gasteiger partial charge in [0.15, 0.2) is 5.82 Å². The molecule has 140 valence electrons. The minimum atomic E-state index is -0.551. The van der Waals surface area contributed by atoms with Crippen LogP contribution in [-0.4, -0.2) is 30.4 Å². The molecule has 0 spiro atoms. The number of benzene rings is 1. The van der Waals surface area contributed by atoms with E-state index < -0.39 is 10.8 Å². The molecule has 0 aliphatic rings. The summed E-state index contributed by atoms with van der Waals surface area (Å²) in [5.41, 5.74) is 0.939. The van der Waals surface area contributed by atoms with Gasteiger partial charge in [0.1, 0.15) is 24.3 Å². The summed E-state index contributed by atoms with van der Waals surface area (Å²) in [6, 6.07) is 6.02. The maximum absolute atomic E-state index is 13.0. The zero-order valence-corrected chi connectivity index (χ0v) is 15.7. The van der Waals surface area contributed by atoms with Gasteiger partial charge in [-0.05, 0) is 40.5 Å². The monoisotopic (exact) mass is 436 g/mol. The minimum Gasteiger partial charge on any atom is -0.307 e. The highest BCUT2D eigenvalue weighted by Crippen LogP contribution is 2.21. The molecule has 0 aliphatic carbocycles. The summed E-state index contributed by atoms with van der Waals surface area (Å²) >= 11 is 3.32. The van der Waals surface area contributed by atoms with E-state index >= 15 is 0 Å². The summed E-state index contributed by atoms with van der Waals surface area (Å²) in [4.78, 5) is 22.5. The molecule has 2 aromatic heterocycles. The Labute approximate surface area is 161 Å². The number of rotatable bonds is 6. The lowest BCUT2D eigenvalue weighted by Crippen LogP contribution is -2.19. The molecule has 3 aromatic rings. The molecule has 3 rings (SSSR count). The van der Waals surface area contributed by atoms with Crippen molar-refractivity contribution in [2.75, 3.05) is 5.32 Å². The molecular formula is C16H14BrFN6O3. The molecule has 9 nitrogen and oxygen atoms in total. The van der Waals surface area contributed by atoms with Gasteiger partial charge in [0.05, 0.1) is 15.9 Å².